The molecule has 3 aromatic rings. The number of fused-ring (bicyclic) bond motifs is 1. The quantitative estimate of drug-likeness (QED) is 0.494. The van der Waals surface area contributed by atoms with Gasteiger partial charge < -0.3 is 5.32 Å². The van der Waals surface area contributed by atoms with Crippen LogP contribution in [0.25, 0.3) is 10.2 Å². The molecule has 1 N–H and O–H groups in total. The first-order valence-corrected chi connectivity index (χ1v) is 10.2. The van der Waals surface area contributed by atoms with Gasteiger partial charge in [-0.25, -0.2) is 4.98 Å². The van der Waals surface area contributed by atoms with Gasteiger partial charge >= 0.3 is 0 Å². The Morgan fingerprint density at radius 3 is 2.83 bits per heavy atom. The third-order valence-corrected chi connectivity index (χ3v) is 7.28. The van der Waals surface area contributed by atoms with E-state index >= 15 is 0 Å². The van der Waals surface area contributed by atoms with E-state index in [2.05, 4.69) is 27.8 Å². The van der Waals surface area contributed by atoms with Crippen molar-refractivity contribution in [3.63, 3.8) is 0 Å². The molecule has 2 nitrogen and oxygen atoms in total. The van der Waals surface area contributed by atoms with Crippen LogP contribution < -0.4 is 5.32 Å². The number of rotatable bonds is 4. The van der Waals surface area contributed by atoms with E-state index in [1.165, 1.54) is 35.4 Å². The van der Waals surface area contributed by atoms with E-state index in [0.717, 1.165) is 27.5 Å². The Morgan fingerprint density at radius 2 is 2.09 bits per heavy atom. The van der Waals surface area contributed by atoms with Crippen LogP contribution in [0, 0.1) is 0 Å². The summed E-state index contributed by atoms with van der Waals surface area (Å²) in [5.41, 5.74) is 1.88. The number of nitrogens with one attached hydrogen (secondary N) is 1. The molecule has 0 amide bonds. The highest BCUT2D eigenvalue weighted by molar-refractivity contribution is 7.20. The Labute approximate surface area is 153 Å². The number of pyridine rings is 1. The van der Waals surface area contributed by atoms with Crippen molar-refractivity contribution in [1.82, 2.24) is 4.98 Å². The molecule has 0 unspecified atom stereocenters. The maximum Gasteiger partial charge on any atom is 0.131 e. The molecule has 0 atom stereocenters. The van der Waals surface area contributed by atoms with Gasteiger partial charge in [-0.2, -0.15) is 0 Å². The molecule has 0 radical (unpaired) electrons. The van der Waals surface area contributed by atoms with Crippen molar-refractivity contribution in [2.75, 3.05) is 5.32 Å². The summed E-state index contributed by atoms with van der Waals surface area (Å²) in [6.45, 7) is 0.793. The van der Waals surface area contributed by atoms with Crippen LogP contribution in [-0.2, 0) is 6.54 Å². The van der Waals surface area contributed by atoms with Crippen molar-refractivity contribution in [3.05, 3.63) is 43.5 Å². The number of thiophene rings is 2. The molecule has 1 saturated carbocycles. The van der Waals surface area contributed by atoms with Crippen LogP contribution in [0.1, 0.15) is 41.4 Å². The van der Waals surface area contributed by atoms with E-state index in [1.807, 2.05) is 6.07 Å². The van der Waals surface area contributed by atoms with Crippen molar-refractivity contribution in [3.8, 4) is 0 Å². The Balaban J connectivity index is 1.72. The molecule has 120 valence electrons. The van der Waals surface area contributed by atoms with Crippen molar-refractivity contribution < 1.29 is 0 Å². The van der Waals surface area contributed by atoms with E-state index in [9.17, 15) is 0 Å². The molecule has 0 saturated heterocycles. The number of hydrogen-bond acceptors (Lipinski definition) is 4. The van der Waals surface area contributed by atoms with Gasteiger partial charge in [0.05, 0.1) is 15.4 Å². The summed E-state index contributed by atoms with van der Waals surface area (Å²) < 4.78 is 1.12. The van der Waals surface area contributed by atoms with Crippen LogP contribution in [0.3, 0.4) is 0 Å². The van der Waals surface area contributed by atoms with Crippen LogP contribution in [-0.4, -0.2) is 4.98 Å². The Bertz CT molecular complexity index is 821. The molecule has 0 bridgehead atoms. The zero-order chi connectivity index (χ0) is 15.8. The average Bonchev–Trinajstić information content (AvgIpc) is 3.26. The van der Waals surface area contributed by atoms with Gasteiger partial charge in [0.25, 0.3) is 0 Å². The van der Waals surface area contributed by atoms with E-state index < -0.39 is 0 Å². The lowest BCUT2D eigenvalue weighted by atomic mass is 10.1. The molecule has 3 heterocycles. The Hall–Kier alpha value is -0.810. The van der Waals surface area contributed by atoms with Crippen LogP contribution in [0.5, 0.6) is 0 Å². The van der Waals surface area contributed by atoms with E-state index in [0.29, 0.717) is 11.1 Å². The van der Waals surface area contributed by atoms with E-state index in [4.69, 9.17) is 23.2 Å². The standard InChI is InChI=1S/C17H16Cl2N2S2/c18-13-8-12(20-9-11-6-3-7-22-11)17-15(21-13)14(19)16(23-17)10-4-1-2-5-10/h3,6-8,10H,1-2,4-5,9H2,(H,20,21). The molecule has 1 aliphatic rings. The highest BCUT2D eigenvalue weighted by atomic mass is 35.5. The first-order valence-electron chi connectivity index (χ1n) is 7.77. The molecule has 4 rings (SSSR count). The lowest BCUT2D eigenvalue weighted by Crippen LogP contribution is -1.98. The van der Waals surface area contributed by atoms with Crippen LogP contribution in [0.15, 0.2) is 23.6 Å². The lowest BCUT2D eigenvalue weighted by molar-refractivity contribution is 0.739. The minimum absolute atomic E-state index is 0.490. The topological polar surface area (TPSA) is 24.9 Å². The van der Waals surface area contributed by atoms with Gasteiger partial charge in [0.2, 0.25) is 0 Å². The summed E-state index contributed by atoms with van der Waals surface area (Å²) in [7, 11) is 0. The minimum atomic E-state index is 0.490. The molecule has 3 aromatic heterocycles. The molecule has 23 heavy (non-hydrogen) atoms. The first kappa shape index (κ1) is 15.7. The van der Waals surface area contributed by atoms with Gasteiger partial charge in [0.1, 0.15) is 10.7 Å². The fraction of sp³-hybridized carbons (Fsp3) is 0.353. The van der Waals surface area contributed by atoms with E-state index in [1.54, 1.807) is 22.7 Å². The van der Waals surface area contributed by atoms with Gasteiger partial charge in [0.15, 0.2) is 0 Å². The molecule has 0 aliphatic heterocycles. The van der Waals surface area contributed by atoms with Crippen LogP contribution in [0.4, 0.5) is 5.69 Å². The number of nitrogens with zero attached hydrogens (tertiary/aromatic N) is 1. The summed E-state index contributed by atoms with van der Waals surface area (Å²) in [6, 6.07) is 6.10. The molecule has 0 spiro atoms. The second kappa shape index (κ2) is 6.60. The van der Waals surface area contributed by atoms with E-state index in [-0.39, 0.29) is 0 Å². The summed E-state index contributed by atoms with van der Waals surface area (Å²) in [6.07, 6.45) is 5.07. The first-order chi connectivity index (χ1) is 11.2. The summed E-state index contributed by atoms with van der Waals surface area (Å²) in [4.78, 5) is 7.06. The molecule has 1 aliphatic carbocycles. The zero-order valence-electron chi connectivity index (χ0n) is 12.4. The molecule has 6 heteroatoms. The monoisotopic (exact) mass is 382 g/mol. The number of aromatic nitrogens is 1. The molecular weight excluding hydrogens is 367 g/mol. The highest BCUT2D eigenvalue weighted by Crippen LogP contribution is 2.47. The van der Waals surface area contributed by atoms with Gasteiger partial charge in [-0.3, -0.25) is 0 Å². The van der Waals surface area contributed by atoms with Crippen molar-refractivity contribution >= 4 is 61.8 Å². The maximum atomic E-state index is 6.64. The third kappa shape index (κ3) is 3.10. The maximum absolute atomic E-state index is 6.64. The van der Waals surface area contributed by atoms with Crippen LogP contribution in [0.2, 0.25) is 10.2 Å². The van der Waals surface area contributed by atoms with Crippen molar-refractivity contribution in [2.24, 2.45) is 0 Å². The largest absolute Gasteiger partial charge is 0.379 e. The van der Waals surface area contributed by atoms with Gasteiger partial charge in [-0.15, -0.1) is 22.7 Å². The summed E-state index contributed by atoms with van der Waals surface area (Å²) in [5, 5.41) is 6.88. The normalized spacial score (nSPS) is 15.6. The average molecular weight is 383 g/mol. The zero-order valence-corrected chi connectivity index (χ0v) is 15.6. The van der Waals surface area contributed by atoms with Crippen molar-refractivity contribution in [1.29, 1.82) is 0 Å². The number of halogens is 2. The van der Waals surface area contributed by atoms with Crippen LogP contribution >= 0.6 is 45.9 Å². The fourth-order valence-electron chi connectivity index (χ4n) is 3.20. The van der Waals surface area contributed by atoms with Gasteiger partial charge in [0, 0.05) is 22.4 Å². The molecule has 1 fully saturated rings. The lowest BCUT2D eigenvalue weighted by Gasteiger charge is -2.06. The molecule has 0 aromatic carbocycles. The van der Waals surface area contributed by atoms with Crippen molar-refractivity contribution in [2.45, 2.75) is 38.1 Å². The Kier molecular flexibility index (Phi) is 4.50. The second-order valence-electron chi connectivity index (χ2n) is 5.86. The molecular formula is C17H16Cl2N2S2. The smallest absolute Gasteiger partial charge is 0.131 e. The van der Waals surface area contributed by atoms with Gasteiger partial charge in [-0.1, -0.05) is 42.1 Å². The Morgan fingerprint density at radius 1 is 1.26 bits per heavy atom. The third-order valence-electron chi connectivity index (χ3n) is 4.34. The SMILES string of the molecule is Clc1cc(NCc2cccs2)c2sc(C3CCCC3)c(Cl)c2n1. The van der Waals surface area contributed by atoms with Gasteiger partial charge in [-0.05, 0) is 30.2 Å². The fourth-order valence-corrected chi connectivity index (χ4v) is 5.80. The number of anilines is 1. The summed E-state index contributed by atoms with van der Waals surface area (Å²) >= 11 is 16.4. The number of hydrogen-bond donors (Lipinski definition) is 1. The summed E-state index contributed by atoms with van der Waals surface area (Å²) in [5.74, 6) is 0.589. The minimum Gasteiger partial charge on any atom is -0.379 e. The predicted octanol–water partition coefficient (Wildman–Crippen LogP) is 6.93. The highest BCUT2D eigenvalue weighted by Gasteiger charge is 2.25. The second-order valence-corrected chi connectivity index (χ2v) is 8.71. The predicted molar refractivity (Wildman–Crippen MR) is 102 cm³/mol.